The molecule has 4 nitrogen and oxygen atoms in total. The third kappa shape index (κ3) is 5.81. The van der Waals surface area contributed by atoms with E-state index in [1.54, 1.807) is 24.5 Å². The number of nitriles is 2. The van der Waals surface area contributed by atoms with Crippen LogP contribution in [0.25, 0.3) is 0 Å². The molecule has 0 aromatic carbocycles. The lowest BCUT2D eigenvalue weighted by atomic mass is 10.3. The van der Waals surface area contributed by atoms with E-state index >= 15 is 0 Å². The minimum absolute atomic E-state index is 0. The highest BCUT2D eigenvalue weighted by Crippen LogP contribution is 1.90. The van der Waals surface area contributed by atoms with E-state index in [0.29, 0.717) is 24.2 Å². The summed E-state index contributed by atoms with van der Waals surface area (Å²) >= 11 is 0. The van der Waals surface area contributed by atoms with Crippen molar-refractivity contribution in [3.8, 4) is 24.0 Å². The van der Waals surface area contributed by atoms with E-state index in [9.17, 15) is 0 Å². The minimum Gasteiger partial charge on any atom is -1.00 e. The highest BCUT2D eigenvalue weighted by molar-refractivity contribution is 5.22. The molecule has 0 atom stereocenters. The maximum absolute atomic E-state index is 8.80. The van der Waals surface area contributed by atoms with Crippen molar-refractivity contribution in [2.45, 2.75) is 13.1 Å². The fraction of sp³-hybridized carbons (Fsp3) is 0.125. The van der Waals surface area contributed by atoms with Crippen molar-refractivity contribution >= 4 is 0 Å². The Morgan fingerprint density at radius 3 is 1.55 bits per heavy atom. The van der Waals surface area contributed by atoms with E-state index in [1.165, 1.54) is 0 Å². The molecule has 0 N–H and O–H groups in total. The van der Waals surface area contributed by atoms with Crippen LogP contribution in [0.15, 0.2) is 49.1 Å². The molecule has 0 saturated carbocycles. The molecule has 0 bridgehead atoms. The molecule has 0 aliphatic carbocycles. The second kappa shape index (κ2) is 10.2. The first-order valence-corrected chi connectivity index (χ1v) is 6.06. The molecule has 0 unspecified atom stereocenters. The lowest BCUT2D eigenvalue weighted by Gasteiger charge is -1.90. The Hall–Kier alpha value is -2.58. The van der Waals surface area contributed by atoms with Crippen molar-refractivity contribution in [3.63, 3.8) is 0 Å². The number of aromatic nitrogens is 2. The van der Waals surface area contributed by atoms with Gasteiger partial charge in [0.15, 0.2) is 24.8 Å². The number of hydrogen-bond acceptors (Lipinski definition) is 2. The monoisotopic (exact) mass is 330 g/mol. The first kappa shape index (κ1) is 19.4. The fourth-order valence-corrected chi connectivity index (χ4v) is 1.67. The van der Waals surface area contributed by atoms with Gasteiger partial charge in [-0.2, -0.15) is 19.7 Å². The van der Waals surface area contributed by atoms with Crippen LogP contribution in [0.4, 0.5) is 0 Å². The highest BCUT2D eigenvalue weighted by Gasteiger charge is 2.00. The van der Waals surface area contributed by atoms with Gasteiger partial charge in [-0.25, -0.2) is 0 Å². The van der Waals surface area contributed by atoms with E-state index < -0.39 is 0 Å². The average Bonchev–Trinajstić information content (AvgIpc) is 2.52. The van der Waals surface area contributed by atoms with E-state index in [1.807, 2.05) is 33.7 Å². The Bertz CT molecular complexity index is 700. The molecular weight excluding hydrogens is 319 g/mol. The van der Waals surface area contributed by atoms with Crippen LogP contribution in [0, 0.1) is 34.5 Å². The van der Waals surface area contributed by atoms with Gasteiger partial charge < -0.3 is 24.8 Å². The molecule has 0 aliphatic heterocycles. The van der Waals surface area contributed by atoms with Crippen molar-refractivity contribution in [3.05, 3.63) is 60.2 Å². The molecular formula is C16H12Cl2N4. The van der Waals surface area contributed by atoms with Crippen molar-refractivity contribution in [2.24, 2.45) is 0 Å². The number of halogens is 2. The normalized spacial score (nSPS) is 8.09. The second-order valence-electron chi connectivity index (χ2n) is 4.11. The SMILES string of the molecule is N#Cc1ccc[n+](CC#CC[n+]2cccc(C#N)c2)c1.[Cl-].[Cl-]. The molecule has 0 amide bonds. The van der Waals surface area contributed by atoms with E-state index in [-0.39, 0.29) is 24.8 Å². The van der Waals surface area contributed by atoms with Gasteiger partial charge in [-0.3, -0.25) is 0 Å². The molecule has 2 aromatic rings. The van der Waals surface area contributed by atoms with Crippen molar-refractivity contribution < 1.29 is 33.9 Å². The standard InChI is InChI=1S/C16H12N4.2ClH/c17-11-15-5-3-9-19(13-15)7-1-2-8-20-10-4-6-16(12-18)14-20;;/h3-6,9-10,13-14H,7-8H2;2*1H/q+2;;/p-2. The third-order valence-corrected chi connectivity index (χ3v) is 2.62. The van der Waals surface area contributed by atoms with Gasteiger partial charge in [0, 0.05) is 12.1 Å². The molecule has 2 rings (SSSR count). The maximum atomic E-state index is 8.80. The van der Waals surface area contributed by atoms with Gasteiger partial charge in [-0.1, -0.05) is 0 Å². The molecule has 2 aromatic heterocycles. The van der Waals surface area contributed by atoms with E-state index in [2.05, 4.69) is 24.0 Å². The quantitative estimate of drug-likeness (QED) is 0.408. The summed E-state index contributed by atoms with van der Waals surface area (Å²) in [5, 5.41) is 17.6. The van der Waals surface area contributed by atoms with Gasteiger partial charge in [0.05, 0.1) is 0 Å². The maximum Gasteiger partial charge on any atom is 0.209 e. The molecule has 0 aliphatic rings. The number of nitrogens with zero attached hydrogens (tertiary/aromatic N) is 4. The van der Waals surface area contributed by atoms with Crippen LogP contribution in [0.5, 0.6) is 0 Å². The molecule has 6 heteroatoms. The number of rotatable bonds is 2. The predicted octanol–water partition coefficient (Wildman–Crippen LogP) is -5.28. The molecule has 0 fully saturated rings. The minimum atomic E-state index is 0. The van der Waals surface area contributed by atoms with E-state index in [4.69, 9.17) is 10.5 Å². The first-order chi connectivity index (χ1) is 9.81. The largest absolute Gasteiger partial charge is 1.00 e. The van der Waals surface area contributed by atoms with Crippen LogP contribution in [0.3, 0.4) is 0 Å². The molecule has 2 heterocycles. The third-order valence-electron chi connectivity index (χ3n) is 2.62. The molecule has 0 radical (unpaired) electrons. The average molecular weight is 331 g/mol. The van der Waals surface area contributed by atoms with Crippen LogP contribution in [0.1, 0.15) is 11.1 Å². The van der Waals surface area contributed by atoms with Crippen LogP contribution in [-0.2, 0) is 13.1 Å². The highest BCUT2D eigenvalue weighted by atomic mass is 35.5. The smallest absolute Gasteiger partial charge is 0.209 e. The summed E-state index contributed by atoms with van der Waals surface area (Å²) in [6.07, 6.45) is 7.27. The van der Waals surface area contributed by atoms with Crippen molar-refractivity contribution in [1.29, 1.82) is 10.5 Å². The Kier molecular flexibility index (Phi) is 9.00. The number of pyridine rings is 2. The summed E-state index contributed by atoms with van der Waals surface area (Å²) in [7, 11) is 0. The Morgan fingerprint density at radius 1 is 0.773 bits per heavy atom. The molecule has 0 saturated heterocycles. The van der Waals surface area contributed by atoms with Crippen LogP contribution in [0.2, 0.25) is 0 Å². The summed E-state index contributed by atoms with van der Waals surface area (Å²) in [4.78, 5) is 0. The Morgan fingerprint density at radius 2 is 1.18 bits per heavy atom. The summed E-state index contributed by atoms with van der Waals surface area (Å²) < 4.78 is 3.73. The topological polar surface area (TPSA) is 55.3 Å². The zero-order valence-corrected chi connectivity index (χ0v) is 13.1. The van der Waals surface area contributed by atoms with Gasteiger partial charge in [-0.05, 0) is 24.0 Å². The molecule has 110 valence electrons. The zero-order valence-electron chi connectivity index (χ0n) is 11.6. The van der Waals surface area contributed by atoms with Gasteiger partial charge >= 0.3 is 0 Å². The van der Waals surface area contributed by atoms with E-state index in [0.717, 1.165) is 0 Å². The second-order valence-corrected chi connectivity index (χ2v) is 4.11. The van der Waals surface area contributed by atoms with Crippen LogP contribution in [-0.4, -0.2) is 0 Å². The Balaban J connectivity index is 0.00000220. The summed E-state index contributed by atoms with van der Waals surface area (Å²) in [6, 6.07) is 11.3. The van der Waals surface area contributed by atoms with Crippen LogP contribution >= 0.6 is 0 Å². The zero-order chi connectivity index (χ0) is 14.2. The van der Waals surface area contributed by atoms with Gasteiger partial charge in [0.2, 0.25) is 13.1 Å². The summed E-state index contributed by atoms with van der Waals surface area (Å²) in [5.74, 6) is 6.08. The van der Waals surface area contributed by atoms with Crippen molar-refractivity contribution in [1.82, 2.24) is 0 Å². The predicted molar refractivity (Wildman–Crippen MR) is 70.5 cm³/mol. The summed E-state index contributed by atoms with van der Waals surface area (Å²) in [5.41, 5.74) is 1.23. The van der Waals surface area contributed by atoms with Gasteiger partial charge in [-0.15, -0.1) is 0 Å². The van der Waals surface area contributed by atoms with Gasteiger partial charge in [0.25, 0.3) is 0 Å². The number of hydrogen-bond donors (Lipinski definition) is 0. The first-order valence-electron chi connectivity index (χ1n) is 6.06. The summed E-state index contributed by atoms with van der Waals surface area (Å²) in [6.45, 7) is 1.07. The molecule has 0 spiro atoms. The van der Waals surface area contributed by atoms with Gasteiger partial charge in [0.1, 0.15) is 23.3 Å². The Labute approximate surface area is 142 Å². The molecule has 22 heavy (non-hydrogen) atoms. The van der Waals surface area contributed by atoms with Crippen molar-refractivity contribution in [2.75, 3.05) is 0 Å². The fourth-order valence-electron chi connectivity index (χ4n) is 1.67. The van der Waals surface area contributed by atoms with Crippen LogP contribution < -0.4 is 33.9 Å². The lowest BCUT2D eigenvalue weighted by molar-refractivity contribution is -0.687. The lowest BCUT2D eigenvalue weighted by Crippen LogP contribution is -3.00.